The molecular formula is C21H43NO4. The van der Waals surface area contributed by atoms with E-state index in [-0.39, 0.29) is 6.61 Å². The molecule has 0 aliphatic heterocycles. The Hall–Kier alpha value is -0.810. The second-order valence-corrected chi connectivity index (χ2v) is 7.31. The minimum Gasteiger partial charge on any atom is -0.447 e. The van der Waals surface area contributed by atoms with Gasteiger partial charge < -0.3 is 20.3 Å². The van der Waals surface area contributed by atoms with E-state index in [1.807, 2.05) is 0 Å². The van der Waals surface area contributed by atoms with Crippen LogP contribution in [-0.4, -0.2) is 42.2 Å². The first-order chi connectivity index (χ1) is 12.7. The molecule has 0 heterocycles. The highest BCUT2D eigenvalue weighted by atomic mass is 16.6. The molecule has 1 unspecified atom stereocenters. The van der Waals surface area contributed by atoms with Gasteiger partial charge in [-0.15, -0.1) is 0 Å². The van der Waals surface area contributed by atoms with Gasteiger partial charge in [-0.05, 0) is 6.42 Å². The van der Waals surface area contributed by atoms with Gasteiger partial charge in [-0.25, -0.2) is 4.79 Å². The Morgan fingerprint density at radius 3 is 1.65 bits per heavy atom. The van der Waals surface area contributed by atoms with Crippen molar-refractivity contribution in [1.82, 2.24) is 5.32 Å². The maximum absolute atomic E-state index is 11.3. The highest BCUT2D eigenvalue weighted by Crippen LogP contribution is 2.13. The van der Waals surface area contributed by atoms with Crippen LogP contribution in [-0.2, 0) is 4.74 Å². The minimum atomic E-state index is -0.994. The normalized spacial score (nSPS) is 12.1. The van der Waals surface area contributed by atoms with Crippen LogP contribution in [0.3, 0.4) is 0 Å². The zero-order valence-electron chi connectivity index (χ0n) is 17.0. The first kappa shape index (κ1) is 25.2. The highest BCUT2D eigenvalue weighted by Gasteiger charge is 2.06. The fraction of sp³-hybridized carbons (Fsp3) is 0.952. The van der Waals surface area contributed by atoms with Crippen LogP contribution in [0.2, 0.25) is 0 Å². The number of alkyl carbamates (subject to hydrolysis) is 1. The molecule has 3 N–H and O–H groups in total. The quantitative estimate of drug-likeness (QED) is 0.280. The van der Waals surface area contributed by atoms with E-state index < -0.39 is 18.8 Å². The Kier molecular flexibility index (Phi) is 19.9. The Morgan fingerprint density at radius 1 is 0.808 bits per heavy atom. The number of nitrogens with one attached hydrogen (secondary N) is 1. The lowest BCUT2D eigenvalue weighted by molar-refractivity contribution is 0.0322. The Morgan fingerprint density at radius 2 is 1.23 bits per heavy atom. The molecule has 0 aliphatic carbocycles. The topological polar surface area (TPSA) is 78.8 Å². The van der Waals surface area contributed by atoms with E-state index in [9.17, 15) is 4.79 Å². The number of carbonyl (C=O) groups is 1. The van der Waals surface area contributed by atoms with Gasteiger partial charge in [0, 0.05) is 6.54 Å². The van der Waals surface area contributed by atoms with Crippen LogP contribution in [0.4, 0.5) is 4.79 Å². The fourth-order valence-electron chi connectivity index (χ4n) is 2.96. The number of hydrogen-bond donors (Lipinski definition) is 3. The number of ether oxygens (including phenoxy) is 1. The van der Waals surface area contributed by atoms with Crippen LogP contribution in [0.1, 0.15) is 103 Å². The summed E-state index contributed by atoms with van der Waals surface area (Å²) >= 11 is 0. The van der Waals surface area contributed by atoms with Crippen molar-refractivity contribution >= 4 is 6.09 Å². The number of amides is 1. The molecular weight excluding hydrogens is 330 g/mol. The molecule has 0 rings (SSSR count). The van der Waals surface area contributed by atoms with Crippen molar-refractivity contribution in [2.45, 2.75) is 109 Å². The maximum Gasteiger partial charge on any atom is 0.407 e. The van der Waals surface area contributed by atoms with Gasteiger partial charge in [-0.1, -0.05) is 96.8 Å². The molecule has 0 aromatic heterocycles. The summed E-state index contributed by atoms with van der Waals surface area (Å²) in [6, 6.07) is 0. The molecule has 0 aromatic rings. The van der Waals surface area contributed by atoms with E-state index in [1.54, 1.807) is 0 Å². The molecule has 0 bridgehead atoms. The first-order valence-corrected chi connectivity index (χ1v) is 10.9. The van der Waals surface area contributed by atoms with Gasteiger partial charge >= 0.3 is 6.09 Å². The van der Waals surface area contributed by atoms with Gasteiger partial charge in [0.05, 0.1) is 6.61 Å². The van der Waals surface area contributed by atoms with Crippen molar-refractivity contribution in [1.29, 1.82) is 0 Å². The number of unbranched alkanes of at least 4 members (excludes halogenated alkanes) is 14. The van der Waals surface area contributed by atoms with Crippen LogP contribution < -0.4 is 5.32 Å². The van der Waals surface area contributed by atoms with Crippen molar-refractivity contribution in [2.24, 2.45) is 0 Å². The average Bonchev–Trinajstić information content (AvgIpc) is 2.65. The van der Waals surface area contributed by atoms with Gasteiger partial charge in [-0.2, -0.15) is 0 Å². The van der Waals surface area contributed by atoms with E-state index in [1.165, 1.54) is 83.5 Å². The summed E-state index contributed by atoms with van der Waals surface area (Å²) in [6.45, 7) is 2.31. The zero-order valence-corrected chi connectivity index (χ0v) is 17.0. The molecule has 5 nitrogen and oxygen atoms in total. The number of hydrogen-bond acceptors (Lipinski definition) is 4. The molecule has 1 amide bonds. The molecule has 0 aromatic carbocycles. The molecule has 156 valence electrons. The average molecular weight is 374 g/mol. The standard InChI is InChI=1S/C21H43NO4/c1-2-3-4-5-6-7-8-9-10-11-12-13-14-15-16-17-22-21(25)26-19-20(24)18-23/h20,23-24H,2-19H2,1H3,(H,22,25). The van der Waals surface area contributed by atoms with Crippen molar-refractivity contribution in [2.75, 3.05) is 19.8 Å². The maximum atomic E-state index is 11.3. The van der Waals surface area contributed by atoms with Crippen molar-refractivity contribution < 1.29 is 19.7 Å². The predicted molar refractivity (Wildman–Crippen MR) is 107 cm³/mol. The molecule has 26 heavy (non-hydrogen) atoms. The van der Waals surface area contributed by atoms with Crippen LogP contribution in [0, 0.1) is 0 Å². The molecule has 0 saturated heterocycles. The van der Waals surface area contributed by atoms with E-state index in [2.05, 4.69) is 12.2 Å². The Balaban J connectivity index is 3.12. The number of rotatable bonds is 19. The lowest BCUT2D eigenvalue weighted by atomic mass is 10.0. The summed E-state index contributed by atoms with van der Waals surface area (Å²) in [5.41, 5.74) is 0. The summed E-state index contributed by atoms with van der Waals surface area (Å²) in [7, 11) is 0. The summed E-state index contributed by atoms with van der Waals surface area (Å²) in [5, 5.41) is 20.3. The summed E-state index contributed by atoms with van der Waals surface area (Å²) in [6.07, 6.45) is 18.3. The first-order valence-electron chi connectivity index (χ1n) is 10.9. The van der Waals surface area contributed by atoms with Gasteiger partial charge in [0.1, 0.15) is 12.7 Å². The zero-order chi connectivity index (χ0) is 19.3. The summed E-state index contributed by atoms with van der Waals surface area (Å²) in [4.78, 5) is 11.3. The predicted octanol–water partition coefficient (Wildman–Crippen LogP) is 4.94. The van der Waals surface area contributed by atoms with E-state index in [0.717, 1.165) is 12.8 Å². The number of aliphatic hydroxyl groups is 2. The van der Waals surface area contributed by atoms with Crippen LogP contribution >= 0.6 is 0 Å². The molecule has 0 fully saturated rings. The summed E-state index contributed by atoms with van der Waals surface area (Å²) in [5.74, 6) is 0. The monoisotopic (exact) mass is 373 g/mol. The van der Waals surface area contributed by atoms with Crippen molar-refractivity contribution in [3.63, 3.8) is 0 Å². The van der Waals surface area contributed by atoms with Crippen LogP contribution in [0.15, 0.2) is 0 Å². The number of carbonyl (C=O) groups excluding carboxylic acids is 1. The lowest BCUT2D eigenvalue weighted by Crippen LogP contribution is -2.29. The third kappa shape index (κ3) is 19.5. The van der Waals surface area contributed by atoms with Gasteiger partial charge in [0.2, 0.25) is 0 Å². The molecule has 0 spiro atoms. The Bertz CT molecular complexity index is 300. The van der Waals surface area contributed by atoms with E-state index in [4.69, 9.17) is 14.9 Å². The SMILES string of the molecule is CCCCCCCCCCCCCCCCCNC(=O)OCC(O)CO. The molecule has 0 saturated carbocycles. The second-order valence-electron chi connectivity index (χ2n) is 7.31. The molecule has 5 heteroatoms. The Labute approximate surface area is 160 Å². The van der Waals surface area contributed by atoms with Gasteiger partial charge in [-0.3, -0.25) is 0 Å². The third-order valence-electron chi connectivity index (χ3n) is 4.67. The number of aliphatic hydroxyl groups excluding tert-OH is 2. The fourth-order valence-corrected chi connectivity index (χ4v) is 2.96. The minimum absolute atomic E-state index is 0.165. The van der Waals surface area contributed by atoms with Crippen molar-refractivity contribution in [3.05, 3.63) is 0 Å². The second kappa shape index (κ2) is 20.5. The van der Waals surface area contributed by atoms with Crippen LogP contribution in [0.5, 0.6) is 0 Å². The largest absolute Gasteiger partial charge is 0.447 e. The van der Waals surface area contributed by atoms with E-state index in [0.29, 0.717) is 6.54 Å². The third-order valence-corrected chi connectivity index (χ3v) is 4.67. The molecule has 0 radical (unpaired) electrons. The smallest absolute Gasteiger partial charge is 0.407 e. The highest BCUT2D eigenvalue weighted by molar-refractivity contribution is 5.67. The van der Waals surface area contributed by atoms with Gasteiger partial charge in [0.15, 0.2) is 0 Å². The lowest BCUT2D eigenvalue weighted by Gasteiger charge is -2.09. The van der Waals surface area contributed by atoms with Crippen LogP contribution in [0.25, 0.3) is 0 Å². The van der Waals surface area contributed by atoms with E-state index >= 15 is 0 Å². The molecule has 0 aliphatic rings. The van der Waals surface area contributed by atoms with Crippen molar-refractivity contribution in [3.8, 4) is 0 Å². The van der Waals surface area contributed by atoms with Gasteiger partial charge in [0.25, 0.3) is 0 Å². The summed E-state index contributed by atoms with van der Waals surface area (Å²) < 4.78 is 4.76. The molecule has 1 atom stereocenters.